The number of aliphatic hydroxyl groups excluding tert-OH is 1. The first kappa shape index (κ1) is 16.4. The molecule has 108 valence electrons. The maximum absolute atomic E-state index is 11.9. The molecule has 0 aliphatic heterocycles. The highest BCUT2D eigenvalue weighted by Crippen LogP contribution is 2.21. The van der Waals surface area contributed by atoms with Gasteiger partial charge in [0.2, 0.25) is 5.70 Å². The van der Waals surface area contributed by atoms with E-state index >= 15 is 0 Å². The SMILES string of the molecule is CC(O)=C(N=Nc1cccc(Br)c1)C(=O)OC(C)(C)C. The van der Waals surface area contributed by atoms with Gasteiger partial charge in [0.05, 0.1) is 5.69 Å². The zero-order valence-corrected chi connectivity index (χ0v) is 13.4. The first-order valence-corrected chi connectivity index (χ1v) is 6.79. The Labute approximate surface area is 126 Å². The summed E-state index contributed by atoms with van der Waals surface area (Å²) in [6, 6.07) is 7.11. The molecular formula is C14H17BrN2O3. The van der Waals surface area contributed by atoms with Gasteiger partial charge in [-0.2, -0.15) is 5.11 Å². The van der Waals surface area contributed by atoms with E-state index in [0.29, 0.717) is 5.69 Å². The Kier molecular flexibility index (Phi) is 5.44. The van der Waals surface area contributed by atoms with Crippen LogP contribution in [-0.2, 0) is 9.53 Å². The number of halogens is 1. The van der Waals surface area contributed by atoms with Gasteiger partial charge in [-0.3, -0.25) is 0 Å². The third kappa shape index (κ3) is 5.52. The minimum Gasteiger partial charge on any atom is -0.510 e. The molecule has 20 heavy (non-hydrogen) atoms. The molecule has 0 unspecified atom stereocenters. The van der Waals surface area contributed by atoms with E-state index in [9.17, 15) is 9.90 Å². The summed E-state index contributed by atoms with van der Waals surface area (Å²) in [5.74, 6) is -0.950. The highest BCUT2D eigenvalue weighted by molar-refractivity contribution is 9.10. The van der Waals surface area contributed by atoms with Gasteiger partial charge >= 0.3 is 5.97 Å². The van der Waals surface area contributed by atoms with Crippen molar-refractivity contribution in [3.05, 3.63) is 40.2 Å². The number of nitrogens with zero attached hydrogens (tertiary/aromatic N) is 2. The van der Waals surface area contributed by atoms with Crippen LogP contribution in [0, 0.1) is 0 Å². The Hall–Kier alpha value is -1.69. The number of carbonyl (C=O) groups is 1. The topological polar surface area (TPSA) is 71.2 Å². The second-order valence-corrected chi connectivity index (χ2v) is 6.03. The summed E-state index contributed by atoms with van der Waals surface area (Å²) in [7, 11) is 0. The van der Waals surface area contributed by atoms with E-state index in [2.05, 4.69) is 26.2 Å². The molecular weight excluding hydrogens is 324 g/mol. The average Bonchev–Trinajstić information content (AvgIpc) is 2.26. The first-order chi connectivity index (χ1) is 9.19. The van der Waals surface area contributed by atoms with E-state index in [4.69, 9.17) is 4.74 Å². The third-order valence-corrected chi connectivity index (χ3v) is 2.50. The van der Waals surface area contributed by atoms with Crippen molar-refractivity contribution in [1.82, 2.24) is 0 Å². The number of azo groups is 1. The second-order valence-electron chi connectivity index (χ2n) is 5.12. The van der Waals surface area contributed by atoms with Gasteiger partial charge in [0.15, 0.2) is 0 Å². The number of rotatable bonds is 3. The molecule has 0 amide bonds. The van der Waals surface area contributed by atoms with Gasteiger partial charge in [0.1, 0.15) is 11.4 Å². The van der Waals surface area contributed by atoms with Gasteiger partial charge < -0.3 is 9.84 Å². The molecule has 0 heterocycles. The fourth-order valence-electron chi connectivity index (χ4n) is 1.23. The predicted octanol–water partition coefficient (Wildman–Crippen LogP) is 4.66. The number of esters is 1. The van der Waals surface area contributed by atoms with Gasteiger partial charge in [0.25, 0.3) is 0 Å². The van der Waals surface area contributed by atoms with Crippen LogP contribution in [0.2, 0.25) is 0 Å². The van der Waals surface area contributed by atoms with Crippen molar-refractivity contribution in [3.63, 3.8) is 0 Å². The Bertz CT molecular complexity index is 556. The van der Waals surface area contributed by atoms with E-state index < -0.39 is 11.6 Å². The van der Waals surface area contributed by atoms with Crippen LogP contribution in [0.4, 0.5) is 5.69 Å². The molecule has 0 fully saturated rings. The molecule has 1 aromatic carbocycles. The number of hydrogen-bond donors (Lipinski definition) is 1. The molecule has 0 aromatic heterocycles. The van der Waals surface area contributed by atoms with Gasteiger partial charge in [-0.15, -0.1) is 5.11 Å². The third-order valence-electron chi connectivity index (χ3n) is 2.01. The maximum atomic E-state index is 11.9. The van der Waals surface area contributed by atoms with Crippen LogP contribution < -0.4 is 0 Å². The smallest absolute Gasteiger partial charge is 0.362 e. The van der Waals surface area contributed by atoms with Gasteiger partial charge in [0, 0.05) is 4.47 Å². The van der Waals surface area contributed by atoms with E-state index in [1.54, 1.807) is 39.0 Å². The molecule has 0 aliphatic rings. The minimum absolute atomic E-state index is 0.208. The second kappa shape index (κ2) is 6.65. The van der Waals surface area contributed by atoms with Crippen LogP contribution in [0.25, 0.3) is 0 Å². The molecule has 1 rings (SSSR count). The zero-order chi connectivity index (χ0) is 15.3. The zero-order valence-electron chi connectivity index (χ0n) is 11.8. The Morgan fingerprint density at radius 2 is 2.00 bits per heavy atom. The summed E-state index contributed by atoms with van der Waals surface area (Å²) >= 11 is 3.31. The molecule has 0 aliphatic carbocycles. The fourth-order valence-corrected chi connectivity index (χ4v) is 1.62. The van der Waals surface area contributed by atoms with Crippen LogP contribution in [0.15, 0.2) is 50.4 Å². The highest BCUT2D eigenvalue weighted by atomic mass is 79.9. The predicted molar refractivity (Wildman–Crippen MR) is 79.8 cm³/mol. The van der Waals surface area contributed by atoms with Crippen LogP contribution >= 0.6 is 15.9 Å². The van der Waals surface area contributed by atoms with E-state index in [0.717, 1.165) is 4.47 Å². The monoisotopic (exact) mass is 340 g/mol. The summed E-state index contributed by atoms with van der Waals surface area (Å²) in [6.07, 6.45) is 0. The molecule has 0 saturated carbocycles. The van der Waals surface area contributed by atoms with Crippen molar-refractivity contribution in [2.45, 2.75) is 33.3 Å². The van der Waals surface area contributed by atoms with Crippen molar-refractivity contribution in [3.8, 4) is 0 Å². The average molecular weight is 341 g/mol. The molecule has 1 aromatic rings. The Balaban J connectivity index is 2.95. The van der Waals surface area contributed by atoms with Crippen LogP contribution in [-0.4, -0.2) is 16.7 Å². The van der Waals surface area contributed by atoms with E-state index in [-0.39, 0.29) is 11.5 Å². The van der Waals surface area contributed by atoms with Gasteiger partial charge in [-0.05, 0) is 45.9 Å². The van der Waals surface area contributed by atoms with Crippen LogP contribution in [0.5, 0.6) is 0 Å². The number of ether oxygens (including phenoxy) is 1. The number of benzene rings is 1. The normalized spacial score (nSPS) is 13.2. The van der Waals surface area contributed by atoms with Crippen molar-refractivity contribution >= 4 is 27.6 Å². The fraction of sp³-hybridized carbons (Fsp3) is 0.357. The van der Waals surface area contributed by atoms with Crippen molar-refractivity contribution in [2.75, 3.05) is 0 Å². The van der Waals surface area contributed by atoms with Crippen molar-refractivity contribution < 1.29 is 14.6 Å². The first-order valence-electron chi connectivity index (χ1n) is 5.99. The van der Waals surface area contributed by atoms with Crippen molar-refractivity contribution in [1.29, 1.82) is 0 Å². The van der Waals surface area contributed by atoms with E-state index in [1.165, 1.54) is 6.92 Å². The lowest BCUT2D eigenvalue weighted by molar-refractivity contribution is -0.150. The van der Waals surface area contributed by atoms with Crippen LogP contribution in [0.3, 0.4) is 0 Å². The largest absolute Gasteiger partial charge is 0.510 e. The lowest BCUT2D eigenvalue weighted by Gasteiger charge is -2.19. The number of allylic oxidation sites excluding steroid dienone is 1. The standard InChI is InChI=1S/C14H17BrN2O3/c1-9(18)12(13(19)20-14(2,3)4)17-16-11-7-5-6-10(15)8-11/h5-8,18H,1-4H3. The van der Waals surface area contributed by atoms with E-state index in [1.807, 2.05) is 6.07 Å². The maximum Gasteiger partial charge on any atom is 0.362 e. The highest BCUT2D eigenvalue weighted by Gasteiger charge is 2.22. The molecule has 0 atom stereocenters. The van der Waals surface area contributed by atoms with Gasteiger partial charge in [-0.25, -0.2) is 4.79 Å². The summed E-state index contributed by atoms with van der Waals surface area (Å²) in [6.45, 7) is 6.57. The summed E-state index contributed by atoms with van der Waals surface area (Å²) in [5.41, 5.74) is -0.315. The summed E-state index contributed by atoms with van der Waals surface area (Å²) < 4.78 is 6.00. The van der Waals surface area contributed by atoms with Gasteiger partial charge in [-0.1, -0.05) is 22.0 Å². The van der Waals surface area contributed by atoms with Crippen molar-refractivity contribution in [2.24, 2.45) is 10.2 Å². The summed E-state index contributed by atoms with van der Waals surface area (Å²) in [4.78, 5) is 11.9. The van der Waals surface area contributed by atoms with Crippen LogP contribution in [0.1, 0.15) is 27.7 Å². The number of carbonyl (C=O) groups excluding carboxylic acids is 1. The number of aliphatic hydroxyl groups is 1. The lowest BCUT2D eigenvalue weighted by Crippen LogP contribution is -2.24. The summed E-state index contributed by atoms with van der Waals surface area (Å²) in [5, 5.41) is 17.2. The molecule has 1 N–H and O–H groups in total. The molecule has 6 heteroatoms. The Morgan fingerprint density at radius 1 is 1.35 bits per heavy atom. The molecule has 0 radical (unpaired) electrons. The number of hydrogen-bond acceptors (Lipinski definition) is 5. The lowest BCUT2D eigenvalue weighted by atomic mass is 10.2. The Morgan fingerprint density at radius 3 is 2.50 bits per heavy atom. The molecule has 0 bridgehead atoms. The quantitative estimate of drug-likeness (QED) is 0.376. The molecule has 0 spiro atoms. The molecule has 5 nitrogen and oxygen atoms in total. The molecule has 0 saturated heterocycles. The minimum atomic E-state index is -0.712.